The summed E-state index contributed by atoms with van der Waals surface area (Å²) in [6.07, 6.45) is 0.715. The minimum atomic E-state index is 0.176. The van der Waals surface area contributed by atoms with E-state index in [-0.39, 0.29) is 5.75 Å². The number of aldehydes is 1. The van der Waals surface area contributed by atoms with Gasteiger partial charge in [-0.1, -0.05) is 0 Å². The van der Waals surface area contributed by atoms with Crippen molar-refractivity contribution >= 4 is 33.4 Å². The van der Waals surface area contributed by atoms with Crippen molar-refractivity contribution in [3.63, 3.8) is 0 Å². The number of nitrogen functional groups attached to an aromatic ring is 1. The van der Waals surface area contributed by atoms with E-state index in [0.717, 1.165) is 4.70 Å². The van der Waals surface area contributed by atoms with E-state index in [1.807, 2.05) is 0 Å². The molecule has 0 amide bonds. The Morgan fingerprint density at radius 3 is 2.92 bits per heavy atom. The molecule has 3 N–H and O–H groups in total. The van der Waals surface area contributed by atoms with E-state index >= 15 is 0 Å². The van der Waals surface area contributed by atoms with Gasteiger partial charge in [0.25, 0.3) is 0 Å². The molecule has 0 bridgehead atoms. The maximum Gasteiger partial charge on any atom is 0.150 e. The fourth-order valence-corrected chi connectivity index (χ4v) is 2.08. The van der Waals surface area contributed by atoms with Crippen molar-refractivity contribution in [2.24, 2.45) is 0 Å². The number of hydrogen-bond acceptors (Lipinski definition) is 4. The summed E-state index contributed by atoms with van der Waals surface area (Å²) in [6, 6.07) is 3.23. The summed E-state index contributed by atoms with van der Waals surface area (Å²) >= 11 is 1.37. The van der Waals surface area contributed by atoms with E-state index < -0.39 is 0 Å². The monoisotopic (exact) mass is 193 g/mol. The lowest BCUT2D eigenvalue weighted by Gasteiger charge is -1.97. The number of carbonyl (C=O) groups is 1. The summed E-state index contributed by atoms with van der Waals surface area (Å²) in [6.45, 7) is 0. The molecule has 0 aliphatic carbocycles. The number of aromatic hydroxyl groups is 1. The highest BCUT2D eigenvalue weighted by atomic mass is 32.1. The van der Waals surface area contributed by atoms with Crippen LogP contribution in [0.15, 0.2) is 17.5 Å². The summed E-state index contributed by atoms with van der Waals surface area (Å²) in [5.74, 6) is 0.176. The summed E-state index contributed by atoms with van der Waals surface area (Å²) in [4.78, 5) is 10.5. The van der Waals surface area contributed by atoms with Gasteiger partial charge >= 0.3 is 0 Å². The van der Waals surface area contributed by atoms with E-state index in [9.17, 15) is 9.90 Å². The standard InChI is InChI=1S/C9H7NO2S/c10-7-2-5(3-11)1-6-8(12)4-13-9(6)7/h1-4,12H,10H2. The number of hydrogen-bond donors (Lipinski definition) is 2. The Hall–Kier alpha value is -1.55. The molecule has 3 nitrogen and oxygen atoms in total. The number of nitrogens with two attached hydrogens (primary N) is 1. The zero-order chi connectivity index (χ0) is 9.42. The molecule has 0 unspecified atom stereocenters. The van der Waals surface area contributed by atoms with Gasteiger partial charge in [-0.15, -0.1) is 11.3 Å². The molecule has 0 radical (unpaired) electrons. The van der Waals surface area contributed by atoms with Crippen LogP contribution in [0.4, 0.5) is 5.69 Å². The number of fused-ring (bicyclic) bond motifs is 1. The number of anilines is 1. The Morgan fingerprint density at radius 1 is 1.46 bits per heavy atom. The highest BCUT2D eigenvalue weighted by molar-refractivity contribution is 7.18. The van der Waals surface area contributed by atoms with E-state index in [4.69, 9.17) is 5.73 Å². The van der Waals surface area contributed by atoms with Crippen LogP contribution in [0.3, 0.4) is 0 Å². The summed E-state index contributed by atoms with van der Waals surface area (Å²) < 4.78 is 0.822. The molecule has 0 fully saturated rings. The lowest BCUT2D eigenvalue weighted by molar-refractivity contribution is 0.112. The van der Waals surface area contributed by atoms with Crippen LogP contribution in [0.25, 0.3) is 10.1 Å². The number of carbonyl (C=O) groups excluding carboxylic acids is 1. The van der Waals surface area contributed by atoms with Crippen molar-refractivity contribution in [2.75, 3.05) is 5.73 Å². The molecule has 13 heavy (non-hydrogen) atoms. The zero-order valence-electron chi connectivity index (χ0n) is 6.65. The van der Waals surface area contributed by atoms with Crippen molar-refractivity contribution in [1.82, 2.24) is 0 Å². The van der Waals surface area contributed by atoms with Crippen LogP contribution < -0.4 is 5.73 Å². The normalized spacial score (nSPS) is 10.5. The van der Waals surface area contributed by atoms with Crippen molar-refractivity contribution < 1.29 is 9.90 Å². The lowest BCUT2D eigenvalue weighted by Crippen LogP contribution is -1.87. The van der Waals surface area contributed by atoms with Crippen LogP contribution in [-0.2, 0) is 0 Å². The van der Waals surface area contributed by atoms with Gasteiger partial charge in [0.1, 0.15) is 12.0 Å². The van der Waals surface area contributed by atoms with E-state index in [0.29, 0.717) is 22.9 Å². The number of benzene rings is 1. The molecule has 4 heteroatoms. The molecule has 2 aromatic rings. The van der Waals surface area contributed by atoms with Crippen molar-refractivity contribution in [1.29, 1.82) is 0 Å². The van der Waals surface area contributed by atoms with Crippen LogP contribution in [0.2, 0.25) is 0 Å². The second kappa shape index (κ2) is 2.74. The Morgan fingerprint density at radius 2 is 2.23 bits per heavy atom. The highest BCUT2D eigenvalue weighted by Crippen LogP contribution is 2.35. The predicted octanol–water partition coefficient (Wildman–Crippen LogP) is 2.00. The van der Waals surface area contributed by atoms with E-state index in [1.165, 1.54) is 11.3 Å². The molecule has 0 saturated carbocycles. The molecule has 0 atom stereocenters. The average Bonchev–Trinajstić information content (AvgIpc) is 2.48. The summed E-state index contributed by atoms with van der Waals surface area (Å²) in [7, 11) is 0. The molecule has 1 heterocycles. The molecule has 66 valence electrons. The van der Waals surface area contributed by atoms with Crippen LogP contribution in [0.5, 0.6) is 5.75 Å². The third-order valence-corrected chi connectivity index (χ3v) is 2.87. The Bertz CT molecular complexity index is 476. The smallest absolute Gasteiger partial charge is 0.150 e. The minimum absolute atomic E-state index is 0.176. The number of thiophene rings is 1. The summed E-state index contributed by atoms with van der Waals surface area (Å²) in [5.41, 5.74) is 6.70. The SMILES string of the molecule is Nc1cc(C=O)cc2c(O)csc12. The minimum Gasteiger partial charge on any atom is -0.506 e. The Kier molecular flexibility index (Phi) is 1.70. The van der Waals surface area contributed by atoms with Crippen molar-refractivity contribution in [3.8, 4) is 5.75 Å². The molecule has 1 aromatic carbocycles. The van der Waals surface area contributed by atoms with Crippen LogP contribution in [0, 0.1) is 0 Å². The van der Waals surface area contributed by atoms with Gasteiger partial charge < -0.3 is 10.8 Å². The average molecular weight is 193 g/mol. The fourth-order valence-electron chi connectivity index (χ4n) is 1.24. The zero-order valence-corrected chi connectivity index (χ0v) is 7.47. The van der Waals surface area contributed by atoms with Gasteiger partial charge in [0.15, 0.2) is 0 Å². The first-order chi connectivity index (χ1) is 6.22. The maximum absolute atomic E-state index is 10.5. The van der Waals surface area contributed by atoms with Gasteiger partial charge in [-0.3, -0.25) is 4.79 Å². The largest absolute Gasteiger partial charge is 0.506 e. The molecule has 0 spiro atoms. The van der Waals surface area contributed by atoms with E-state index in [1.54, 1.807) is 17.5 Å². The van der Waals surface area contributed by atoms with Gasteiger partial charge in [-0.25, -0.2) is 0 Å². The number of rotatable bonds is 1. The van der Waals surface area contributed by atoms with Crippen LogP contribution >= 0.6 is 11.3 Å². The third-order valence-electron chi connectivity index (χ3n) is 1.84. The lowest BCUT2D eigenvalue weighted by atomic mass is 10.1. The second-order valence-corrected chi connectivity index (χ2v) is 3.61. The van der Waals surface area contributed by atoms with Gasteiger partial charge in [0, 0.05) is 16.3 Å². The van der Waals surface area contributed by atoms with Crippen LogP contribution in [0.1, 0.15) is 10.4 Å². The maximum atomic E-state index is 10.5. The van der Waals surface area contributed by atoms with Crippen molar-refractivity contribution in [2.45, 2.75) is 0 Å². The quantitative estimate of drug-likeness (QED) is 0.537. The molecular formula is C9H7NO2S. The molecule has 0 aliphatic rings. The topological polar surface area (TPSA) is 63.3 Å². The van der Waals surface area contributed by atoms with Crippen LogP contribution in [-0.4, -0.2) is 11.4 Å². The predicted molar refractivity (Wildman–Crippen MR) is 53.3 cm³/mol. The van der Waals surface area contributed by atoms with Gasteiger partial charge in [0.2, 0.25) is 0 Å². The summed E-state index contributed by atoms with van der Waals surface area (Å²) in [5, 5.41) is 11.6. The molecule has 0 aliphatic heterocycles. The second-order valence-electron chi connectivity index (χ2n) is 2.73. The molecule has 1 aromatic heterocycles. The van der Waals surface area contributed by atoms with Gasteiger partial charge in [0.05, 0.1) is 10.4 Å². The third kappa shape index (κ3) is 1.15. The molecule has 2 rings (SSSR count). The van der Waals surface area contributed by atoms with Crippen molar-refractivity contribution in [3.05, 3.63) is 23.1 Å². The molecule has 0 saturated heterocycles. The Balaban J connectivity index is 2.87. The first-order valence-electron chi connectivity index (χ1n) is 3.67. The van der Waals surface area contributed by atoms with Gasteiger partial charge in [-0.05, 0) is 12.1 Å². The first kappa shape index (κ1) is 8.07. The Labute approximate surface area is 78.4 Å². The fraction of sp³-hybridized carbons (Fsp3) is 0. The van der Waals surface area contributed by atoms with Gasteiger partial charge in [-0.2, -0.15) is 0 Å². The van der Waals surface area contributed by atoms with E-state index in [2.05, 4.69) is 0 Å². The first-order valence-corrected chi connectivity index (χ1v) is 4.55. The molecular weight excluding hydrogens is 186 g/mol. The highest BCUT2D eigenvalue weighted by Gasteiger charge is 2.06.